The molecular weight excluding hydrogens is 204 g/mol. The summed E-state index contributed by atoms with van der Waals surface area (Å²) in [6, 6.07) is 10.9. The Morgan fingerprint density at radius 3 is 2.20 bits per heavy atom. The minimum absolute atomic E-state index is 0.241. The fourth-order valence-corrected chi connectivity index (χ4v) is 1.74. The van der Waals surface area contributed by atoms with Gasteiger partial charge in [-0.3, -0.25) is 0 Å². The second kappa shape index (κ2) is 5.71. The van der Waals surface area contributed by atoms with Crippen LogP contribution in [0.15, 0.2) is 30.3 Å². The Bertz CT molecular complexity index is 309. The van der Waals surface area contributed by atoms with Crippen LogP contribution in [-0.4, -0.2) is 11.2 Å². The van der Waals surface area contributed by atoms with E-state index in [1.54, 1.807) is 0 Å². The highest BCUT2D eigenvalue weighted by molar-refractivity contribution is 7.80. The summed E-state index contributed by atoms with van der Waals surface area (Å²) in [5.74, 6) is 0. The van der Waals surface area contributed by atoms with Gasteiger partial charge in [-0.15, -0.1) is 0 Å². The van der Waals surface area contributed by atoms with Crippen molar-refractivity contribution in [2.75, 3.05) is 0 Å². The van der Waals surface area contributed by atoms with E-state index in [0.717, 1.165) is 0 Å². The highest BCUT2D eigenvalue weighted by atomic mass is 32.1. The zero-order valence-electron chi connectivity index (χ0n) is 9.45. The van der Waals surface area contributed by atoms with Crippen LogP contribution in [0.5, 0.6) is 0 Å². The van der Waals surface area contributed by atoms with Crippen LogP contribution in [0.1, 0.15) is 32.4 Å². The molecule has 0 saturated carbocycles. The van der Waals surface area contributed by atoms with Crippen molar-refractivity contribution < 1.29 is 0 Å². The maximum absolute atomic E-state index is 5.18. The Balaban J connectivity index is 2.49. The Morgan fingerprint density at radius 1 is 1.07 bits per heavy atom. The number of benzene rings is 1. The van der Waals surface area contributed by atoms with Crippen LogP contribution in [0.2, 0.25) is 0 Å². The van der Waals surface area contributed by atoms with Crippen molar-refractivity contribution in [2.24, 2.45) is 0 Å². The van der Waals surface area contributed by atoms with Gasteiger partial charge in [0.05, 0.1) is 6.04 Å². The average molecular weight is 222 g/mol. The first kappa shape index (κ1) is 12.0. The fourth-order valence-electron chi connectivity index (χ4n) is 1.33. The molecule has 0 bridgehead atoms. The van der Waals surface area contributed by atoms with Crippen LogP contribution in [0, 0.1) is 0 Å². The zero-order chi connectivity index (χ0) is 11.3. The molecule has 82 valence electrons. The van der Waals surface area contributed by atoms with Crippen molar-refractivity contribution in [3.63, 3.8) is 0 Å². The summed E-state index contributed by atoms with van der Waals surface area (Å²) in [6.45, 7) is 6.24. The van der Waals surface area contributed by atoms with Crippen molar-refractivity contribution in [1.29, 1.82) is 0 Å². The topological polar surface area (TPSA) is 24.1 Å². The Hall–Kier alpha value is -1.09. The van der Waals surface area contributed by atoms with E-state index in [4.69, 9.17) is 12.2 Å². The van der Waals surface area contributed by atoms with Gasteiger partial charge >= 0.3 is 0 Å². The van der Waals surface area contributed by atoms with E-state index in [-0.39, 0.29) is 6.04 Å². The molecule has 1 atom stereocenters. The lowest BCUT2D eigenvalue weighted by Gasteiger charge is -2.18. The molecule has 0 aliphatic carbocycles. The molecule has 0 unspecified atom stereocenters. The van der Waals surface area contributed by atoms with Crippen LogP contribution in [0.3, 0.4) is 0 Å². The lowest BCUT2D eigenvalue weighted by molar-refractivity contribution is 0.664. The largest absolute Gasteiger partial charge is 0.361 e. The van der Waals surface area contributed by atoms with Gasteiger partial charge in [-0.2, -0.15) is 0 Å². The van der Waals surface area contributed by atoms with E-state index in [1.807, 2.05) is 18.2 Å². The molecule has 0 spiro atoms. The third-order valence-corrected chi connectivity index (χ3v) is 2.30. The van der Waals surface area contributed by atoms with Gasteiger partial charge in [-0.05, 0) is 38.6 Å². The highest BCUT2D eigenvalue weighted by Crippen LogP contribution is 2.10. The molecule has 0 saturated heterocycles. The Labute approximate surface area is 97.1 Å². The summed E-state index contributed by atoms with van der Waals surface area (Å²) in [5.41, 5.74) is 1.24. The van der Waals surface area contributed by atoms with E-state index in [1.165, 1.54) is 5.56 Å². The fraction of sp³-hybridized carbons (Fsp3) is 0.417. The minimum atomic E-state index is 0.241. The number of hydrogen-bond donors (Lipinski definition) is 2. The van der Waals surface area contributed by atoms with Crippen molar-refractivity contribution in [2.45, 2.75) is 32.9 Å². The SMILES string of the molecule is CC(C)NC(=S)N[C@H](C)c1ccccc1. The molecule has 2 nitrogen and oxygen atoms in total. The number of nitrogens with one attached hydrogen (secondary N) is 2. The van der Waals surface area contributed by atoms with Crippen LogP contribution >= 0.6 is 12.2 Å². The molecule has 0 aliphatic rings. The van der Waals surface area contributed by atoms with Gasteiger partial charge < -0.3 is 10.6 Å². The average Bonchev–Trinajstić information content (AvgIpc) is 2.17. The number of rotatable bonds is 3. The Kier molecular flexibility index (Phi) is 4.56. The smallest absolute Gasteiger partial charge is 0.166 e. The van der Waals surface area contributed by atoms with Crippen LogP contribution in [0.25, 0.3) is 0 Å². The van der Waals surface area contributed by atoms with Gasteiger partial charge in [-0.1, -0.05) is 30.3 Å². The lowest BCUT2D eigenvalue weighted by atomic mass is 10.1. The minimum Gasteiger partial charge on any atom is -0.361 e. The molecule has 0 amide bonds. The van der Waals surface area contributed by atoms with Gasteiger partial charge in [-0.25, -0.2) is 0 Å². The van der Waals surface area contributed by atoms with Crippen LogP contribution in [-0.2, 0) is 0 Å². The van der Waals surface area contributed by atoms with Crippen LogP contribution in [0.4, 0.5) is 0 Å². The van der Waals surface area contributed by atoms with Crippen LogP contribution < -0.4 is 10.6 Å². The van der Waals surface area contributed by atoms with Crippen molar-refractivity contribution in [1.82, 2.24) is 10.6 Å². The standard InChI is InChI=1S/C12H18N2S/c1-9(2)13-12(15)14-10(3)11-7-5-4-6-8-11/h4-10H,1-3H3,(H2,13,14,15)/t10-/m1/s1. The molecule has 1 aromatic carbocycles. The number of thiocarbonyl (C=S) groups is 1. The summed E-state index contributed by atoms with van der Waals surface area (Å²) >= 11 is 5.18. The molecule has 0 aromatic heterocycles. The molecule has 3 heteroatoms. The first-order valence-corrected chi connectivity index (χ1v) is 5.62. The molecule has 2 N–H and O–H groups in total. The van der Waals surface area contributed by atoms with Gasteiger partial charge in [0.15, 0.2) is 5.11 Å². The van der Waals surface area contributed by atoms with Gasteiger partial charge in [0.25, 0.3) is 0 Å². The molecule has 1 rings (SSSR count). The molecule has 0 heterocycles. The van der Waals surface area contributed by atoms with Crippen molar-refractivity contribution >= 4 is 17.3 Å². The molecular formula is C12H18N2S. The van der Waals surface area contributed by atoms with Gasteiger partial charge in [0, 0.05) is 6.04 Å². The number of hydrogen-bond acceptors (Lipinski definition) is 1. The van der Waals surface area contributed by atoms with Gasteiger partial charge in [0.1, 0.15) is 0 Å². The molecule has 0 fully saturated rings. The Morgan fingerprint density at radius 2 is 1.67 bits per heavy atom. The zero-order valence-corrected chi connectivity index (χ0v) is 10.3. The van der Waals surface area contributed by atoms with Gasteiger partial charge in [0.2, 0.25) is 0 Å². The molecule has 1 aromatic rings. The van der Waals surface area contributed by atoms with Crippen molar-refractivity contribution in [3.8, 4) is 0 Å². The quantitative estimate of drug-likeness (QED) is 0.769. The molecule has 0 aliphatic heterocycles. The maximum atomic E-state index is 5.18. The second-order valence-electron chi connectivity index (χ2n) is 3.90. The van der Waals surface area contributed by atoms with E-state index in [2.05, 4.69) is 43.5 Å². The monoisotopic (exact) mass is 222 g/mol. The van der Waals surface area contributed by atoms with E-state index >= 15 is 0 Å². The normalized spacial score (nSPS) is 12.3. The summed E-state index contributed by atoms with van der Waals surface area (Å²) in [7, 11) is 0. The van der Waals surface area contributed by atoms with E-state index in [0.29, 0.717) is 11.2 Å². The van der Waals surface area contributed by atoms with Crippen molar-refractivity contribution in [3.05, 3.63) is 35.9 Å². The first-order valence-electron chi connectivity index (χ1n) is 5.21. The first-order chi connectivity index (χ1) is 7.09. The molecule has 0 radical (unpaired) electrons. The summed E-state index contributed by atoms with van der Waals surface area (Å²) in [6.07, 6.45) is 0. The van der Waals surface area contributed by atoms with E-state index in [9.17, 15) is 0 Å². The highest BCUT2D eigenvalue weighted by Gasteiger charge is 2.06. The predicted molar refractivity (Wildman–Crippen MR) is 68.9 cm³/mol. The lowest BCUT2D eigenvalue weighted by Crippen LogP contribution is -2.40. The third kappa shape index (κ3) is 4.30. The second-order valence-corrected chi connectivity index (χ2v) is 4.31. The van der Waals surface area contributed by atoms with E-state index < -0.39 is 0 Å². The summed E-state index contributed by atoms with van der Waals surface area (Å²) < 4.78 is 0. The molecule has 15 heavy (non-hydrogen) atoms. The summed E-state index contributed by atoms with van der Waals surface area (Å²) in [5, 5.41) is 7.12. The maximum Gasteiger partial charge on any atom is 0.166 e. The third-order valence-electron chi connectivity index (χ3n) is 2.07. The predicted octanol–water partition coefficient (Wildman–Crippen LogP) is 2.62. The summed E-state index contributed by atoms with van der Waals surface area (Å²) in [4.78, 5) is 0.